The quantitative estimate of drug-likeness (QED) is 0.0206. The van der Waals surface area contributed by atoms with Crippen molar-refractivity contribution in [3.05, 3.63) is 85.1 Å². The Bertz CT molecular complexity index is 1430. The smallest absolute Gasteiger partial charge is 0.306 e. The van der Waals surface area contributed by atoms with Crippen LogP contribution in [0.1, 0.15) is 142 Å². The van der Waals surface area contributed by atoms with E-state index in [1.54, 1.807) is 0 Å². The lowest BCUT2D eigenvalue weighted by atomic mass is 10.00. The van der Waals surface area contributed by atoms with Crippen LogP contribution in [0.3, 0.4) is 0 Å². The van der Waals surface area contributed by atoms with E-state index in [0.29, 0.717) is 12.8 Å². The first-order chi connectivity index (χ1) is 29.0. The second kappa shape index (κ2) is 36.5. The molecule has 0 aromatic carbocycles. The van der Waals surface area contributed by atoms with E-state index in [9.17, 15) is 37.9 Å². The van der Waals surface area contributed by atoms with Crippen molar-refractivity contribution in [1.29, 1.82) is 0 Å². The van der Waals surface area contributed by atoms with Gasteiger partial charge in [-0.2, -0.15) is 8.42 Å². The van der Waals surface area contributed by atoms with Gasteiger partial charge in [0.2, 0.25) is 0 Å². The molecule has 1 rings (SSSR count). The molecule has 1 aliphatic rings. The van der Waals surface area contributed by atoms with Crippen LogP contribution in [-0.2, 0) is 38.7 Å². The Hall–Kier alpha value is -3.17. The molecule has 342 valence electrons. The number of allylic oxidation sites excluding steroid dienone is 14. The van der Waals surface area contributed by atoms with Crippen molar-refractivity contribution in [1.82, 2.24) is 0 Å². The van der Waals surface area contributed by atoms with Gasteiger partial charge in [-0.15, -0.1) is 0 Å². The summed E-state index contributed by atoms with van der Waals surface area (Å²) in [5.41, 5.74) is 0. The van der Waals surface area contributed by atoms with E-state index >= 15 is 0 Å². The van der Waals surface area contributed by atoms with Gasteiger partial charge in [-0.1, -0.05) is 131 Å². The average Bonchev–Trinajstić information content (AvgIpc) is 3.21. The lowest BCUT2D eigenvalue weighted by molar-refractivity contribution is -0.297. The highest BCUT2D eigenvalue weighted by molar-refractivity contribution is 7.85. The van der Waals surface area contributed by atoms with Gasteiger partial charge in [0.15, 0.2) is 12.4 Å². The van der Waals surface area contributed by atoms with Crippen molar-refractivity contribution in [3.8, 4) is 0 Å². The van der Waals surface area contributed by atoms with Crippen LogP contribution in [0.2, 0.25) is 0 Å². The Labute approximate surface area is 360 Å². The Morgan fingerprint density at radius 2 is 1.05 bits per heavy atom. The zero-order valence-corrected chi connectivity index (χ0v) is 37.1. The van der Waals surface area contributed by atoms with E-state index in [4.69, 9.17) is 18.9 Å². The van der Waals surface area contributed by atoms with Crippen molar-refractivity contribution < 1.29 is 56.8 Å². The Morgan fingerprint density at radius 1 is 0.583 bits per heavy atom. The largest absolute Gasteiger partial charge is 0.462 e. The molecule has 0 amide bonds. The summed E-state index contributed by atoms with van der Waals surface area (Å²) in [4.78, 5) is 25.4. The highest BCUT2D eigenvalue weighted by Crippen LogP contribution is 2.24. The van der Waals surface area contributed by atoms with Gasteiger partial charge < -0.3 is 34.3 Å². The van der Waals surface area contributed by atoms with Crippen molar-refractivity contribution in [2.75, 3.05) is 19.0 Å². The third-order valence-corrected chi connectivity index (χ3v) is 10.2. The van der Waals surface area contributed by atoms with Crippen LogP contribution in [0.25, 0.3) is 0 Å². The van der Waals surface area contributed by atoms with Gasteiger partial charge in [-0.05, 0) is 83.5 Å². The summed E-state index contributed by atoms with van der Waals surface area (Å²) < 4.78 is 54.0. The minimum atomic E-state index is -4.61. The Balaban J connectivity index is 2.50. The molecule has 6 atom stereocenters. The first-order valence-electron chi connectivity index (χ1n) is 22.1. The molecule has 1 heterocycles. The van der Waals surface area contributed by atoms with Crippen molar-refractivity contribution in [2.24, 2.45) is 0 Å². The zero-order valence-electron chi connectivity index (χ0n) is 36.3. The van der Waals surface area contributed by atoms with E-state index in [0.717, 1.165) is 103 Å². The third-order valence-electron chi connectivity index (χ3n) is 9.44. The minimum Gasteiger partial charge on any atom is -0.462 e. The highest BCUT2D eigenvalue weighted by Gasteiger charge is 2.46. The highest BCUT2D eigenvalue weighted by atomic mass is 32.2. The molecule has 0 spiro atoms. The fraction of sp³-hybridized carbons (Fsp3) is 0.660. The molecule has 1 saturated heterocycles. The molecule has 0 aromatic rings. The molecule has 6 unspecified atom stereocenters. The standard InChI is InChI=1S/C47H76O12S/c1-3-5-7-9-11-13-15-17-18-19-20-21-22-24-26-28-30-32-34-36-43(49)58-40(38-57-47-46(52)45(51)44(50)41(59-47)39-60(53,54)55)37-56-42(48)35-33-31-29-27-25-23-16-14-12-10-8-6-4-2/h5,7-8,10-11,13-14,16-18,20-21,24,26,40-41,44-47,50-52H,3-4,6,9,12,15,19,22-23,25,27-39H2,1-2H3,(H,53,54,55)/b7-5-,10-8-,13-11-,16-14-,18-17-,21-20-,26-24-. The molecule has 4 N–H and O–H groups in total. The Morgan fingerprint density at radius 3 is 1.58 bits per heavy atom. The van der Waals surface area contributed by atoms with Crippen LogP contribution >= 0.6 is 0 Å². The summed E-state index contributed by atoms with van der Waals surface area (Å²) in [6.45, 7) is 3.52. The summed E-state index contributed by atoms with van der Waals surface area (Å²) in [5, 5.41) is 30.9. The first kappa shape index (κ1) is 54.8. The number of carbonyl (C=O) groups is 2. The summed E-state index contributed by atoms with van der Waals surface area (Å²) in [5.74, 6) is -2.06. The molecule has 13 heteroatoms. The summed E-state index contributed by atoms with van der Waals surface area (Å²) in [7, 11) is -4.61. The average molecular weight is 865 g/mol. The predicted molar refractivity (Wildman–Crippen MR) is 238 cm³/mol. The molecular formula is C47H76O12S. The molecular weight excluding hydrogens is 789 g/mol. The van der Waals surface area contributed by atoms with Crippen molar-refractivity contribution in [2.45, 2.75) is 179 Å². The molecule has 0 aromatic heterocycles. The van der Waals surface area contributed by atoms with E-state index in [1.165, 1.54) is 0 Å². The lowest BCUT2D eigenvalue weighted by Crippen LogP contribution is -2.60. The monoisotopic (exact) mass is 865 g/mol. The van der Waals surface area contributed by atoms with Gasteiger partial charge >= 0.3 is 11.9 Å². The molecule has 0 bridgehead atoms. The van der Waals surface area contributed by atoms with E-state index in [1.807, 2.05) is 0 Å². The topological polar surface area (TPSA) is 186 Å². The number of hydrogen-bond donors (Lipinski definition) is 4. The minimum absolute atomic E-state index is 0.117. The fourth-order valence-corrected chi connectivity index (χ4v) is 6.72. The van der Waals surface area contributed by atoms with Gasteiger partial charge in [0, 0.05) is 12.8 Å². The second-order valence-corrected chi connectivity index (χ2v) is 16.5. The number of rotatable bonds is 35. The molecule has 0 radical (unpaired) electrons. The predicted octanol–water partition coefficient (Wildman–Crippen LogP) is 8.89. The van der Waals surface area contributed by atoms with Crippen molar-refractivity contribution in [3.63, 3.8) is 0 Å². The number of unbranched alkanes of at least 4 members (excludes halogenated alkanes) is 9. The molecule has 1 fully saturated rings. The van der Waals surface area contributed by atoms with Crippen LogP contribution in [0.4, 0.5) is 0 Å². The van der Waals surface area contributed by atoms with Crippen molar-refractivity contribution >= 4 is 22.1 Å². The molecule has 0 saturated carbocycles. The second-order valence-electron chi connectivity index (χ2n) is 15.0. The maximum atomic E-state index is 12.8. The number of aliphatic hydroxyl groups is 3. The summed E-state index contributed by atoms with van der Waals surface area (Å²) >= 11 is 0. The molecule has 60 heavy (non-hydrogen) atoms. The number of aliphatic hydroxyl groups excluding tert-OH is 3. The van der Waals surface area contributed by atoms with Crippen LogP contribution in [-0.4, -0.2) is 96.0 Å². The van der Waals surface area contributed by atoms with Gasteiger partial charge in [0.25, 0.3) is 10.1 Å². The maximum absolute atomic E-state index is 12.8. The SMILES string of the molecule is CC/C=C\C/C=C\C/C=C\C/C=C\C/C=C\CCCCCC(=O)OC(COC(=O)CCCCCCC/C=C\C/C=C\CCC)COC1OC(CS(=O)(=O)O)C(O)C(O)C1O. The number of esters is 2. The third kappa shape index (κ3) is 30.8. The van der Waals surface area contributed by atoms with E-state index in [-0.39, 0.29) is 19.4 Å². The maximum Gasteiger partial charge on any atom is 0.306 e. The number of hydrogen-bond acceptors (Lipinski definition) is 11. The number of ether oxygens (including phenoxy) is 4. The van der Waals surface area contributed by atoms with Crippen LogP contribution in [0.15, 0.2) is 85.1 Å². The van der Waals surface area contributed by atoms with E-state index in [2.05, 4.69) is 98.9 Å². The van der Waals surface area contributed by atoms with Crippen LogP contribution < -0.4 is 0 Å². The van der Waals surface area contributed by atoms with E-state index < -0.39 is 71.2 Å². The summed E-state index contributed by atoms with van der Waals surface area (Å²) in [6.07, 6.45) is 37.7. The van der Waals surface area contributed by atoms with Gasteiger partial charge in [-0.25, -0.2) is 0 Å². The fourth-order valence-electron chi connectivity index (χ4n) is 6.03. The number of carbonyl (C=O) groups excluding carboxylic acids is 2. The molecule has 0 aliphatic carbocycles. The van der Waals surface area contributed by atoms with Gasteiger partial charge in [0.1, 0.15) is 36.8 Å². The van der Waals surface area contributed by atoms with Crippen LogP contribution in [0, 0.1) is 0 Å². The Kier molecular flexibility index (Phi) is 33.3. The van der Waals surface area contributed by atoms with Gasteiger partial charge in [-0.3, -0.25) is 14.1 Å². The first-order valence-corrected chi connectivity index (χ1v) is 23.8. The van der Waals surface area contributed by atoms with Gasteiger partial charge in [0.05, 0.1) is 6.61 Å². The van der Waals surface area contributed by atoms with Crippen LogP contribution in [0.5, 0.6) is 0 Å². The molecule has 1 aliphatic heterocycles. The summed E-state index contributed by atoms with van der Waals surface area (Å²) in [6, 6.07) is 0. The zero-order chi connectivity index (χ0) is 44.1. The lowest BCUT2D eigenvalue weighted by Gasteiger charge is -2.40. The molecule has 12 nitrogen and oxygen atoms in total. The normalized spacial score (nSPS) is 20.9.